The molecule has 138 valence electrons. The number of carbonyl (C=O) groups excluding carboxylic acids is 3. The Balaban J connectivity index is 2.44. The van der Waals surface area contributed by atoms with Crippen LogP contribution in [0.25, 0.3) is 0 Å². The van der Waals surface area contributed by atoms with Gasteiger partial charge < -0.3 is 20.3 Å². The number of rotatable bonds is 6. The van der Waals surface area contributed by atoms with E-state index >= 15 is 0 Å². The first-order valence-electron chi connectivity index (χ1n) is 8.23. The molecule has 0 aliphatic carbocycles. The normalized spacial score (nSPS) is 18.6. The lowest BCUT2D eigenvalue weighted by atomic mass is 10.0. The van der Waals surface area contributed by atoms with Crippen molar-refractivity contribution in [3.63, 3.8) is 0 Å². The number of likely N-dealkylation sites (N-methyl/N-ethyl adjacent to an activating group) is 1. The molecule has 0 radical (unpaired) electrons. The monoisotopic (exact) mass is 342 g/mol. The number of hydrogen-bond donors (Lipinski definition) is 2. The van der Waals surface area contributed by atoms with Gasteiger partial charge in [-0.05, 0) is 48.2 Å². The summed E-state index contributed by atoms with van der Waals surface area (Å²) in [5.41, 5.74) is -0.604. The largest absolute Gasteiger partial charge is 0.444 e. The van der Waals surface area contributed by atoms with E-state index in [2.05, 4.69) is 10.6 Å². The summed E-state index contributed by atoms with van der Waals surface area (Å²) in [6.07, 6.45) is 0.0667. The zero-order chi connectivity index (χ0) is 18.5. The lowest BCUT2D eigenvalue weighted by Crippen LogP contribution is -2.61. The first-order valence-corrected chi connectivity index (χ1v) is 8.23. The number of nitrogens with one attached hydrogen (secondary N) is 2. The number of hydrogen-bond acceptors (Lipinski definition) is 5. The van der Waals surface area contributed by atoms with Gasteiger partial charge in [0.1, 0.15) is 17.7 Å². The number of carbonyl (C=O) groups is 3. The predicted octanol–water partition coefficient (Wildman–Crippen LogP) is 0.178. The van der Waals surface area contributed by atoms with Crippen molar-refractivity contribution in [2.75, 3.05) is 33.7 Å². The topological polar surface area (TPSA) is 91.0 Å². The van der Waals surface area contributed by atoms with E-state index in [1.165, 1.54) is 4.90 Å². The predicted molar refractivity (Wildman–Crippen MR) is 90.5 cm³/mol. The SMILES string of the molecule is CC(NC(=O)[C@H]1CCN1C(=O)OC(C)(C)C)C(=O)NCCN(C)C. The van der Waals surface area contributed by atoms with E-state index in [9.17, 15) is 14.4 Å². The lowest BCUT2D eigenvalue weighted by Gasteiger charge is -2.40. The van der Waals surface area contributed by atoms with Gasteiger partial charge in [0.25, 0.3) is 0 Å². The number of ether oxygens (including phenoxy) is 1. The summed E-state index contributed by atoms with van der Waals surface area (Å²) in [6.45, 7) is 8.68. The highest BCUT2D eigenvalue weighted by Crippen LogP contribution is 2.21. The van der Waals surface area contributed by atoms with Gasteiger partial charge in [0.05, 0.1) is 0 Å². The second-order valence-corrected chi connectivity index (χ2v) is 7.30. The Morgan fingerprint density at radius 1 is 1.29 bits per heavy atom. The van der Waals surface area contributed by atoms with Gasteiger partial charge in [-0.2, -0.15) is 0 Å². The average molecular weight is 342 g/mol. The number of likely N-dealkylation sites (tertiary alicyclic amines) is 1. The van der Waals surface area contributed by atoms with Crippen molar-refractivity contribution in [1.29, 1.82) is 0 Å². The summed E-state index contributed by atoms with van der Waals surface area (Å²) in [6, 6.07) is -1.22. The molecular weight excluding hydrogens is 312 g/mol. The smallest absolute Gasteiger partial charge is 0.410 e. The van der Waals surface area contributed by atoms with E-state index in [1.54, 1.807) is 27.7 Å². The fraction of sp³-hybridized carbons (Fsp3) is 0.812. The van der Waals surface area contributed by atoms with E-state index in [1.807, 2.05) is 19.0 Å². The molecule has 1 saturated heterocycles. The van der Waals surface area contributed by atoms with Gasteiger partial charge in [0.2, 0.25) is 11.8 Å². The first kappa shape index (κ1) is 20.2. The van der Waals surface area contributed by atoms with Crippen LogP contribution < -0.4 is 10.6 Å². The summed E-state index contributed by atoms with van der Waals surface area (Å²) in [5, 5.41) is 5.41. The van der Waals surface area contributed by atoms with Crippen LogP contribution in [0.15, 0.2) is 0 Å². The third-order valence-corrected chi connectivity index (χ3v) is 3.56. The average Bonchev–Trinajstić information content (AvgIpc) is 2.33. The van der Waals surface area contributed by atoms with Crippen molar-refractivity contribution < 1.29 is 19.1 Å². The van der Waals surface area contributed by atoms with Gasteiger partial charge in [-0.1, -0.05) is 0 Å². The molecule has 0 bridgehead atoms. The summed E-state index contributed by atoms with van der Waals surface area (Å²) in [5.74, 6) is -0.573. The molecular formula is C16H30N4O4. The Morgan fingerprint density at radius 3 is 2.38 bits per heavy atom. The molecule has 24 heavy (non-hydrogen) atoms. The van der Waals surface area contributed by atoms with E-state index in [0.29, 0.717) is 19.5 Å². The lowest BCUT2D eigenvalue weighted by molar-refractivity contribution is -0.134. The summed E-state index contributed by atoms with van der Waals surface area (Å²) < 4.78 is 5.27. The maximum Gasteiger partial charge on any atom is 0.410 e. The molecule has 0 saturated carbocycles. The van der Waals surface area contributed by atoms with Gasteiger partial charge in [0.15, 0.2) is 0 Å². The van der Waals surface area contributed by atoms with E-state index in [0.717, 1.165) is 6.54 Å². The van der Waals surface area contributed by atoms with Crippen LogP contribution in [0.2, 0.25) is 0 Å². The molecule has 1 aliphatic heterocycles. The van der Waals surface area contributed by atoms with Gasteiger partial charge in [0, 0.05) is 19.6 Å². The molecule has 8 heteroatoms. The van der Waals surface area contributed by atoms with Gasteiger partial charge in [-0.3, -0.25) is 14.5 Å². The van der Waals surface area contributed by atoms with Crippen molar-refractivity contribution in [2.45, 2.75) is 51.8 Å². The quantitative estimate of drug-likeness (QED) is 0.718. The Kier molecular flexibility index (Phi) is 7.01. The Bertz CT molecular complexity index is 473. The fourth-order valence-electron chi connectivity index (χ4n) is 2.13. The standard InChI is InChI=1S/C16H30N4O4/c1-11(13(21)17-8-10-19(5)6)18-14(22)12-7-9-20(12)15(23)24-16(2,3)4/h11-12H,7-10H2,1-6H3,(H,17,21)(H,18,22)/t11?,12-/m1/s1. The molecule has 1 fully saturated rings. The van der Waals surface area contributed by atoms with E-state index in [4.69, 9.17) is 4.74 Å². The molecule has 0 aromatic carbocycles. The third kappa shape index (κ3) is 6.35. The van der Waals surface area contributed by atoms with E-state index < -0.39 is 23.8 Å². The van der Waals surface area contributed by atoms with Gasteiger partial charge >= 0.3 is 6.09 Å². The molecule has 1 rings (SSSR count). The van der Waals surface area contributed by atoms with Crippen LogP contribution >= 0.6 is 0 Å². The van der Waals surface area contributed by atoms with E-state index in [-0.39, 0.29) is 11.8 Å². The van der Waals surface area contributed by atoms with Crippen LogP contribution in [0, 0.1) is 0 Å². The highest BCUT2D eigenvalue weighted by molar-refractivity contribution is 5.91. The first-order chi connectivity index (χ1) is 11.0. The van der Waals surface area contributed by atoms with Crippen LogP contribution in [-0.2, 0) is 14.3 Å². The maximum absolute atomic E-state index is 12.3. The van der Waals surface area contributed by atoms with Crippen molar-refractivity contribution in [2.24, 2.45) is 0 Å². The van der Waals surface area contributed by atoms with Crippen molar-refractivity contribution in [1.82, 2.24) is 20.4 Å². The minimum absolute atomic E-state index is 0.242. The van der Waals surface area contributed by atoms with Gasteiger partial charge in [-0.25, -0.2) is 4.79 Å². The molecule has 1 unspecified atom stereocenters. The fourth-order valence-corrected chi connectivity index (χ4v) is 2.13. The molecule has 0 spiro atoms. The third-order valence-electron chi connectivity index (χ3n) is 3.56. The molecule has 2 atom stereocenters. The molecule has 3 amide bonds. The second kappa shape index (κ2) is 8.32. The highest BCUT2D eigenvalue weighted by atomic mass is 16.6. The minimum atomic E-state index is -0.652. The molecule has 2 N–H and O–H groups in total. The maximum atomic E-state index is 12.3. The zero-order valence-electron chi connectivity index (χ0n) is 15.5. The molecule has 0 aromatic heterocycles. The molecule has 8 nitrogen and oxygen atoms in total. The zero-order valence-corrected chi connectivity index (χ0v) is 15.5. The highest BCUT2D eigenvalue weighted by Gasteiger charge is 2.40. The van der Waals surface area contributed by atoms with Crippen molar-refractivity contribution in [3.05, 3.63) is 0 Å². The Morgan fingerprint density at radius 2 is 1.92 bits per heavy atom. The van der Waals surface area contributed by atoms with Crippen molar-refractivity contribution in [3.8, 4) is 0 Å². The number of amides is 3. The summed E-state index contributed by atoms with van der Waals surface area (Å²) in [4.78, 5) is 39.6. The van der Waals surface area contributed by atoms with Crippen LogP contribution in [0.3, 0.4) is 0 Å². The Hall–Kier alpha value is -1.83. The second-order valence-electron chi connectivity index (χ2n) is 7.30. The van der Waals surface area contributed by atoms with Crippen LogP contribution in [-0.4, -0.2) is 79.1 Å². The summed E-state index contributed by atoms with van der Waals surface area (Å²) in [7, 11) is 3.83. The Labute approximate surface area is 143 Å². The summed E-state index contributed by atoms with van der Waals surface area (Å²) >= 11 is 0. The van der Waals surface area contributed by atoms with Crippen LogP contribution in [0.4, 0.5) is 4.79 Å². The van der Waals surface area contributed by atoms with Crippen LogP contribution in [0.5, 0.6) is 0 Å². The van der Waals surface area contributed by atoms with Crippen molar-refractivity contribution >= 4 is 17.9 Å². The minimum Gasteiger partial charge on any atom is -0.444 e. The number of nitrogens with zero attached hydrogens (tertiary/aromatic N) is 2. The van der Waals surface area contributed by atoms with Crippen LogP contribution in [0.1, 0.15) is 34.1 Å². The molecule has 1 heterocycles. The molecule has 1 aliphatic rings. The molecule has 0 aromatic rings. The van der Waals surface area contributed by atoms with Gasteiger partial charge in [-0.15, -0.1) is 0 Å².